The number of nitrogens with zero attached hydrogens (tertiary/aromatic N) is 1. The second-order valence-electron chi connectivity index (χ2n) is 8.47. The van der Waals surface area contributed by atoms with Crippen LogP contribution in [0, 0.1) is 13.8 Å². The Hall–Kier alpha value is -3.31. The average molecular weight is 431 g/mol. The summed E-state index contributed by atoms with van der Waals surface area (Å²) < 4.78 is 5.56. The van der Waals surface area contributed by atoms with Gasteiger partial charge in [-0.3, -0.25) is 4.79 Å². The normalized spacial score (nSPS) is 15.3. The van der Waals surface area contributed by atoms with Crippen LogP contribution in [0.2, 0.25) is 0 Å². The first-order valence-corrected chi connectivity index (χ1v) is 11.2. The first-order chi connectivity index (χ1) is 15.6. The molecule has 4 rings (SSSR count). The number of ether oxygens (including phenoxy) is 1. The highest BCUT2D eigenvalue weighted by Crippen LogP contribution is 2.27. The number of aryl methyl sites for hydroxylation is 2. The van der Waals surface area contributed by atoms with Crippen LogP contribution in [0.5, 0.6) is 5.75 Å². The molecule has 0 saturated carbocycles. The van der Waals surface area contributed by atoms with Gasteiger partial charge in [0.1, 0.15) is 5.75 Å². The zero-order valence-corrected chi connectivity index (χ0v) is 19.1. The molecule has 0 bridgehead atoms. The number of hydrogen-bond donors (Lipinski definition) is 2. The van der Waals surface area contributed by atoms with Crippen molar-refractivity contribution in [2.24, 2.45) is 0 Å². The van der Waals surface area contributed by atoms with E-state index in [9.17, 15) is 4.79 Å². The highest BCUT2D eigenvalue weighted by atomic mass is 16.5. The van der Waals surface area contributed by atoms with Crippen LogP contribution in [0.15, 0.2) is 72.8 Å². The molecule has 5 nitrogen and oxygen atoms in total. The van der Waals surface area contributed by atoms with Crippen molar-refractivity contribution in [3.63, 3.8) is 0 Å². The summed E-state index contributed by atoms with van der Waals surface area (Å²) >= 11 is 0. The lowest BCUT2D eigenvalue weighted by Crippen LogP contribution is -3.16. The molecule has 1 aliphatic rings. The van der Waals surface area contributed by atoms with Gasteiger partial charge in [-0.05, 0) is 43.2 Å². The Labute approximate surface area is 190 Å². The lowest BCUT2D eigenvalue weighted by atomic mass is 10.0. The lowest BCUT2D eigenvalue weighted by Gasteiger charge is -2.37. The van der Waals surface area contributed by atoms with E-state index in [4.69, 9.17) is 4.74 Å². The fraction of sp³-hybridized carbons (Fsp3) is 0.296. The van der Waals surface area contributed by atoms with Crippen LogP contribution in [-0.2, 0) is 4.79 Å². The van der Waals surface area contributed by atoms with E-state index < -0.39 is 0 Å². The van der Waals surface area contributed by atoms with Crippen LogP contribution in [0.3, 0.4) is 0 Å². The third-order valence-electron chi connectivity index (χ3n) is 6.29. The van der Waals surface area contributed by atoms with Crippen LogP contribution in [-0.4, -0.2) is 39.2 Å². The van der Waals surface area contributed by atoms with Gasteiger partial charge in [-0.25, -0.2) is 0 Å². The van der Waals surface area contributed by atoms with Crippen molar-refractivity contribution in [2.45, 2.75) is 19.9 Å². The molecule has 3 aromatic carbocycles. The third kappa shape index (κ3) is 4.78. The zero-order valence-electron chi connectivity index (χ0n) is 19.1. The van der Waals surface area contributed by atoms with Gasteiger partial charge < -0.3 is 19.9 Å². The number of carbonyl (C=O) groups excluding carboxylic acids is 1. The van der Waals surface area contributed by atoms with Crippen molar-refractivity contribution in [2.75, 3.05) is 43.5 Å². The van der Waals surface area contributed by atoms with Gasteiger partial charge in [-0.1, -0.05) is 54.6 Å². The summed E-state index contributed by atoms with van der Waals surface area (Å²) in [7, 11) is 1.71. The standard InChI is InChI=1S/C27H31N3O2/c1-20-13-14-21(2)23(19-20)28-27(31)26(22-9-5-4-6-10-22)30-17-15-29(16-18-30)24-11-7-8-12-25(24)32-3/h4-14,19,26H,15-18H2,1-3H3,(H,28,31)/p+1/t26-/m0/s1. The number of carbonyl (C=O) groups is 1. The van der Waals surface area contributed by atoms with Crippen molar-refractivity contribution >= 4 is 17.3 Å². The van der Waals surface area contributed by atoms with Crippen LogP contribution >= 0.6 is 0 Å². The van der Waals surface area contributed by atoms with Gasteiger partial charge in [-0.2, -0.15) is 0 Å². The number of para-hydroxylation sites is 2. The maximum atomic E-state index is 13.6. The minimum Gasteiger partial charge on any atom is -0.495 e. The number of benzene rings is 3. The minimum absolute atomic E-state index is 0.0469. The Balaban J connectivity index is 1.54. The fourth-order valence-corrected chi connectivity index (χ4v) is 4.51. The van der Waals surface area contributed by atoms with Crippen LogP contribution in [0.25, 0.3) is 0 Å². The maximum absolute atomic E-state index is 13.6. The van der Waals surface area contributed by atoms with E-state index in [2.05, 4.69) is 40.5 Å². The first-order valence-electron chi connectivity index (χ1n) is 11.2. The highest BCUT2D eigenvalue weighted by Gasteiger charge is 2.35. The molecule has 3 aromatic rings. The Kier molecular flexibility index (Phi) is 6.76. The van der Waals surface area contributed by atoms with Crippen LogP contribution < -0.4 is 19.9 Å². The first kappa shape index (κ1) is 21.9. The number of hydrogen-bond acceptors (Lipinski definition) is 3. The van der Waals surface area contributed by atoms with E-state index in [-0.39, 0.29) is 11.9 Å². The molecule has 166 valence electrons. The number of methoxy groups -OCH3 is 1. The second-order valence-corrected chi connectivity index (χ2v) is 8.47. The molecular formula is C27H32N3O2+. The molecule has 2 N–H and O–H groups in total. The molecule has 1 saturated heterocycles. The predicted molar refractivity (Wildman–Crippen MR) is 130 cm³/mol. The summed E-state index contributed by atoms with van der Waals surface area (Å²) in [6, 6.07) is 24.2. The SMILES string of the molecule is COc1ccccc1N1CC[NH+]([C@H](C(=O)Nc2cc(C)ccc2C)c2ccccc2)CC1. The number of anilines is 2. The summed E-state index contributed by atoms with van der Waals surface area (Å²) in [5, 5.41) is 3.21. The number of amides is 1. The van der Waals surface area contributed by atoms with Gasteiger partial charge in [0.15, 0.2) is 6.04 Å². The fourth-order valence-electron chi connectivity index (χ4n) is 4.51. The average Bonchev–Trinajstić information content (AvgIpc) is 2.83. The molecule has 0 radical (unpaired) electrons. The molecule has 0 spiro atoms. The molecular weight excluding hydrogens is 398 g/mol. The minimum atomic E-state index is -0.254. The maximum Gasteiger partial charge on any atom is 0.287 e. The van der Waals surface area contributed by atoms with Gasteiger partial charge in [0, 0.05) is 11.3 Å². The van der Waals surface area contributed by atoms with Crippen molar-refractivity contribution in [1.82, 2.24) is 0 Å². The lowest BCUT2D eigenvalue weighted by molar-refractivity contribution is -0.922. The van der Waals surface area contributed by atoms with E-state index in [1.807, 2.05) is 56.3 Å². The largest absolute Gasteiger partial charge is 0.495 e. The summed E-state index contributed by atoms with van der Waals surface area (Å²) in [5.41, 5.74) is 5.27. The van der Waals surface area contributed by atoms with Crippen molar-refractivity contribution in [3.05, 3.63) is 89.5 Å². The van der Waals surface area contributed by atoms with Gasteiger partial charge in [0.25, 0.3) is 5.91 Å². The Bertz CT molecular complexity index is 1060. The Morgan fingerprint density at radius 1 is 0.969 bits per heavy atom. The molecule has 1 heterocycles. The molecule has 5 heteroatoms. The van der Waals surface area contributed by atoms with Crippen molar-refractivity contribution < 1.29 is 14.4 Å². The Morgan fingerprint density at radius 3 is 2.38 bits per heavy atom. The van der Waals surface area contributed by atoms with Crippen LogP contribution in [0.1, 0.15) is 22.7 Å². The van der Waals surface area contributed by atoms with Crippen LogP contribution in [0.4, 0.5) is 11.4 Å². The zero-order chi connectivity index (χ0) is 22.5. The molecule has 1 amide bonds. The van der Waals surface area contributed by atoms with Gasteiger partial charge in [-0.15, -0.1) is 0 Å². The third-order valence-corrected chi connectivity index (χ3v) is 6.29. The summed E-state index contributed by atoms with van der Waals surface area (Å²) in [4.78, 5) is 17.2. The molecule has 0 aromatic heterocycles. The molecule has 0 aliphatic carbocycles. The van der Waals surface area contributed by atoms with E-state index >= 15 is 0 Å². The van der Waals surface area contributed by atoms with Gasteiger partial charge in [0.05, 0.1) is 39.0 Å². The monoisotopic (exact) mass is 430 g/mol. The predicted octanol–water partition coefficient (Wildman–Crippen LogP) is 3.40. The quantitative estimate of drug-likeness (QED) is 0.630. The highest BCUT2D eigenvalue weighted by molar-refractivity contribution is 5.95. The van der Waals surface area contributed by atoms with E-state index in [0.717, 1.165) is 60.0 Å². The topological polar surface area (TPSA) is 46.0 Å². The van der Waals surface area contributed by atoms with Crippen molar-refractivity contribution in [3.8, 4) is 5.75 Å². The summed E-state index contributed by atoms with van der Waals surface area (Å²) in [5.74, 6) is 0.939. The molecule has 0 unspecified atom stereocenters. The number of nitrogens with one attached hydrogen (secondary N) is 2. The number of piperazine rings is 1. The Morgan fingerprint density at radius 2 is 1.66 bits per heavy atom. The summed E-state index contributed by atoms with van der Waals surface area (Å²) in [6.07, 6.45) is 0. The van der Waals surface area contributed by atoms with Crippen molar-refractivity contribution in [1.29, 1.82) is 0 Å². The van der Waals surface area contributed by atoms with E-state index in [1.165, 1.54) is 4.90 Å². The van der Waals surface area contributed by atoms with E-state index in [0.29, 0.717) is 0 Å². The smallest absolute Gasteiger partial charge is 0.287 e. The van der Waals surface area contributed by atoms with Gasteiger partial charge >= 0.3 is 0 Å². The number of rotatable bonds is 6. The molecule has 32 heavy (non-hydrogen) atoms. The second kappa shape index (κ2) is 9.88. The molecule has 1 atom stereocenters. The number of quaternary nitrogens is 1. The molecule has 1 fully saturated rings. The van der Waals surface area contributed by atoms with E-state index in [1.54, 1.807) is 7.11 Å². The van der Waals surface area contributed by atoms with Gasteiger partial charge in [0.2, 0.25) is 0 Å². The summed E-state index contributed by atoms with van der Waals surface area (Å²) in [6.45, 7) is 7.57. The molecule has 1 aliphatic heterocycles.